The van der Waals surface area contributed by atoms with Crippen molar-refractivity contribution >= 4 is 46.3 Å². The number of carbonyl (C=O) groups excluding carboxylic acids is 4. The fraction of sp³-hybridized carbons (Fsp3) is 0.367. The molecule has 4 bridgehead atoms. The summed E-state index contributed by atoms with van der Waals surface area (Å²) in [5, 5.41) is 13.4. The van der Waals surface area contributed by atoms with Crippen LogP contribution < -0.4 is 16.0 Å². The first-order valence-corrected chi connectivity index (χ1v) is 16.1. The molecule has 1 aliphatic rings. The number of nitrogens with zero attached hydrogens (tertiary/aromatic N) is 4. The molecule has 0 spiro atoms. The number of H-pyrrole nitrogens is 1. The zero-order valence-electron chi connectivity index (χ0n) is 24.6. The fourth-order valence-corrected chi connectivity index (χ4v) is 6.69. The quantitative estimate of drug-likeness (QED) is 0.267. The van der Waals surface area contributed by atoms with Gasteiger partial charge in [-0.15, -0.1) is 22.7 Å². The molecule has 0 radical (unpaired) electrons. The van der Waals surface area contributed by atoms with Crippen LogP contribution in [0, 0.1) is 12.8 Å². The van der Waals surface area contributed by atoms with E-state index in [9.17, 15) is 19.2 Å². The van der Waals surface area contributed by atoms with Gasteiger partial charge in [-0.25, -0.2) is 15.0 Å². The molecule has 14 heteroatoms. The molecular weight excluding hydrogens is 601 g/mol. The lowest BCUT2D eigenvalue weighted by atomic mass is 10.0. The normalized spacial score (nSPS) is 18.5. The van der Waals surface area contributed by atoms with E-state index in [1.807, 2.05) is 44.2 Å². The van der Waals surface area contributed by atoms with Gasteiger partial charge in [-0.2, -0.15) is 0 Å². The fourth-order valence-electron chi connectivity index (χ4n) is 4.82. The molecule has 44 heavy (non-hydrogen) atoms. The number of aromatic amines is 1. The second-order valence-electron chi connectivity index (χ2n) is 10.9. The van der Waals surface area contributed by atoms with E-state index in [-0.39, 0.29) is 60.4 Å². The summed E-state index contributed by atoms with van der Waals surface area (Å²) in [4.78, 5) is 70.8. The van der Waals surface area contributed by atoms with Crippen LogP contribution in [0.5, 0.6) is 0 Å². The lowest BCUT2D eigenvalue weighted by molar-refractivity contribution is -0.122. The van der Waals surface area contributed by atoms with Crippen LogP contribution >= 0.6 is 22.7 Å². The second kappa shape index (κ2) is 13.9. The number of benzene rings is 1. The molecule has 4 aromatic rings. The number of hydrogen-bond acceptors (Lipinski definition) is 9. The highest BCUT2D eigenvalue weighted by Crippen LogP contribution is 2.27. The minimum absolute atomic E-state index is 0.0000154. The Kier molecular flexibility index (Phi) is 9.80. The highest BCUT2D eigenvalue weighted by molar-refractivity contribution is 7.10. The van der Waals surface area contributed by atoms with Crippen molar-refractivity contribution in [3.05, 3.63) is 85.8 Å². The van der Waals surface area contributed by atoms with Gasteiger partial charge >= 0.3 is 0 Å². The average Bonchev–Trinajstić information content (AvgIpc) is 3.78. The van der Waals surface area contributed by atoms with Crippen molar-refractivity contribution in [3.8, 4) is 0 Å². The van der Waals surface area contributed by atoms with Crippen molar-refractivity contribution in [3.63, 3.8) is 0 Å². The summed E-state index contributed by atoms with van der Waals surface area (Å²) < 4.78 is 0. The van der Waals surface area contributed by atoms with Gasteiger partial charge in [0.05, 0.1) is 25.0 Å². The van der Waals surface area contributed by atoms with Crippen LogP contribution in [0.25, 0.3) is 0 Å². The smallest absolute Gasteiger partial charge is 0.274 e. The van der Waals surface area contributed by atoms with E-state index in [1.54, 1.807) is 17.7 Å². The van der Waals surface area contributed by atoms with Crippen LogP contribution in [-0.2, 0) is 11.2 Å². The van der Waals surface area contributed by atoms with Gasteiger partial charge in [-0.05, 0) is 31.2 Å². The Morgan fingerprint density at radius 2 is 1.70 bits per heavy atom. The van der Waals surface area contributed by atoms with Gasteiger partial charge in [-0.1, -0.05) is 44.2 Å². The van der Waals surface area contributed by atoms with Crippen LogP contribution in [0.1, 0.15) is 85.1 Å². The van der Waals surface area contributed by atoms with Crippen molar-refractivity contribution in [2.45, 2.75) is 45.7 Å². The topological polar surface area (TPSA) is 162 Å². The van der Waals surface area contributed by atoms with E-state index in [2.05, 4.69) is 35.9 Å². The summed E-state index contributed by atoms with van der Waals surface area (Å²) in [5.74, 6) is -1.51. The molecule has 12 nitrogen and oxygen atoms in total. The summed E-state index contributed by atoms with van der Waals surface area (Å²) in [6.45, 7) is 5.92. The highest BCUT2D eigenvalue weighted by Gasteiger charge is 2.28. The molecule has 3 aromatic heterocycles. The number of imidazole rings is 1. The minimum atomic E-state index is -0.538. The van der Waals surface area contributed by atoms with Gasteiger partial charge in [-0.3, -0.25) is 19.2 Å². The largest absolute Gasteiger partial charge is 0.351 e. The van der Waals surface area contributed by atoms with Crippen LogP contribution in [0.2, 0.25) is 0 Å². The Labute approximate surface area is 262 Å². The van der Waals surface area contributed by atoms with Crippen molar-refractivity contribution < 1.29 is 19.2 Å². The molecule has 4 amide bonds. The van der Waals surface area contributed by atoms with Crippen molar-refractivity contribution in [1.29, 1.82) is 0 Å². The van der Waals surface area contributed by atoms with Crippen molar-refractivity contribution in [2.24, 2.45) is 5.92 Å². The number of carbonyl (C=O) groups is 4. The van der Waals surface area contributed by atoms with Crippen LogP contribution in [0.4, 0.5) is 0 Å². The van der Waals surface area contributed by atoms with E-state index < -0.39 is 18.0 Å². The maximum Gasteiger partial charge on any atom is 0.274 e. The van der Waals surface area contributed by atoms with Gasteiger partial charge < -0.3 is 25.8 Å². The van der Waals surface area contributed by atoms with Gasteiger partial charge in [0, 0.05) is 29.5 Å². The summed E-state index contributed by atoms with van der Waals surface area (Å²) in [5.41, 5.74) is 2.27. The monoisotopic (exact) mass is 634 g/mol. The number of amides is 4. The van der Waals surface area contributed by atoms with Crippen LogP contribution in [0.15, 0.2) is 47.4 Å². The number of rotatable bonds is 4. The molecule has 5 rings (SSSR count). The number of fused-ring (bicyclic) bond motifs is 4. The SMILES string of the molecule is Cc1[nH]cnc1C(=O)N1CCCNC(=O)c2csc(n2)[C@H](C(C)C)NC(=O)c2csc(n2)[C@H](Cc2ccccc2)NC(=O)C1. The van der Waals surface area contributed by atoms with Crippen molar-refractivity contribution in [1.82, 2.24) is 40.8 Å². The third-order valence-corrected chi connectivity index (χ3v) is 9.08. The maximum absolute atomic E-state index is 13.5. The number of aryl methyl sites for hydroxylation is 1. The van der Waals surface area contributed by atoms with E-state index >= 15 is 0 Å². The zero-order chi connectivity index (χ0) is 31.2. The van der Waals surface area contributed by atoms with E-state index in [0.29, 0.717) is 28.6 Å². The molecular formula is C30H34N8O4S2. The Morgan fingerprint density at radius 1 is 1.00 bits per heavy atom. The maximum atomic E-state index is 13.5. The molecule has 0 aliphatic carbocycles. The molecule has 0 saturated carbocycles. The van der Waals surface area contributed by atoms with Gasteiger partial charge in [0.1, 0.15) is 27.1 Å². The van der Waals surface area contributed by atoms with E-state index in [0.717, 1.165) is 5.56 Å². The number of hydrogen-bond donors (Lipinski definition) is 4. The summed E-state index contributed by atoms with van der Waals surface area (Å²) in [7, 11) is 0. The molecule has 230 valence electrons. The number of thiazole rings is 2. The number of nitrogens with one attached hydrogen (secondary N) is 4. The molecule has 4 heterocycles. The Bertz CT molecular complexity index is 1630. The third kappa shape index (κ3) is 7.37. The van der Waals surface area contributed by atoms with E-state index in [1.165, 1.54) is 33.9 Å². The van der Waals surface area contributed by atoms with Crippen molar-refractivity contribution in [2.75, 3.05) is 19.6 Å². The highest BCUT2D eigenvalue weighted by atomic mass is 32.1. The molecule has 0 fully saturated rings. The molecule has 1 aromatic carbocycles. The number of aromatic nitrogens is 4. The summed E-state index contributed by atoms with van der Waals surface area (Å²) in [6, 6.07) is 8.71. The zero-order valence-corrected chi connectivity index (χ0v) is 26.3. The Morgan fingerprint density at radius 3 is 2.41 bits per heavy atom. The predicted octanol–water partition coefficient (Wildman–Crippen LogP) is 3.43. The van der Waals surface area contributed by atoms with Gasteiger partial charge in [0.25, 0.3) is 17.7 Å². The predicted molar refractivity (Wildman–Crippen MR) is 166 cm³/mol. The van der Waals surface area contributed by atoms with Gasteiger partial charge in [0.2, 0.25) is 5.91 Å². The summed E-state index contributed by atoms with van der Waals surface area (Å²) >= 11 is 2.59. The molecule has 0 unspecified atom stereocenters. The lowest BCUT2D eigenvalue weighted by Crippen LogP contribution is -2.43. The molecule has 0 saturated heterocycles. The van der Waals surface area contributed by atoms with Crippen LogP contribution in [0.3, 0.4) is 0 Å². The molecule has 2 atom stereocenters. The van der Waals surface area contributed by atoms with Gasteiger partial charge in [0.15, 0.2) is 0 Å². The first-order valence-electron chi connectivity index (χ1n) is 14.3. The minimum Gasteiger partial charge on any atom is -0.351 e. The summed E-state index contributed by atoms with van der Waals surface area (Å²) in [6.07, 6.45) is 2.28. The third-order valence-electron chi connectivity index (χ3n) is 7.19. The second-order valence-corrected chi connectivity index (χ2v) is 12.6. The Hall–Kier alpha value is -4.43. The molecule has 1 aliphatic heterocycles. The average molecular weight is 635 g/mol. The molecule has 4 N–H and O–H groups in total. The first kappa shape index (κ1) is 31.0. The standard InChI is InChI=1S/C30H34N8O4S2/c1-17(2)24-29-36-21(14-44-29)26(40)31-10-7-11-38(30(42)25-18(3)32-16-33-25)13-23(39)34-20(12-19-8-5-4-6-9-19)28-35-22(15-43-28)27(41)37-24/h4-6,8-9,14-17,20,24H,7,10-13H2,1-3H3,(H,31,40)(H,32,33)(H,34,39)(H,37,41)/t20-,24-/m0/s1. The first-order chi connectivity index (χ1) is 21.2. The van der Waals surface area contributed by atoms with E-state index in [4.69, 9.17) is 0 Å². The lowest BCUT2D eigenvalue weighted by Gasteiger charge is -2.24. The van der Waals surface area contributed by atoms with Crippen LogP contribution in [-0.4, -0.2) is 68.1 Å². The Balaban J connectivity index is 1.47.